The zero-order valence-electron chi connectivity index (χ0n) is 9.36. The van der Waals surface area contributed by atoms with Crippen LogP contribution in [0.5, 0.6) is 0 Å². The molecule has 96 valence electrons. The highest BCUT2D eigenvalue weighted by Crippen LogP contribution is 2.11. The van der Waals surface area contributed by atoms with Gasteiger partial charge in [0.05, 0.1) is 6.61 Å². The zero-order chi connectivity index (χ0) is 12.1. The molecule has 17 heavy (non-hydrogen) atoms. The van der Waals surface area contributed by atoms with Crippen LogP contribution in [-0.4, -0.2) is 42.9 Å². The summed E-state index contributed by atoms with van der Waals surface area (Å²) in [7, 11) is 0. The number of aromatic nitrogens is 2. The van der Waals surface area contributed by atoms with Gasteiger partial charge in [-0.2, -0.15) is 4.98 Å². The van der Waals surface area contributed by atoms with Crippen LogP contribution >= 0.6 is 0 Å². The van der Waals surface area contributed by atoms with Gasteiger partial charge in [-0.3, -0.25) is 0 Å². The first-order chi connectivity index (χ1) is 8.24. The molecule has 1 fully saturated rings. The fourth-order valence-corrected chi connectivity index (χ4v) is 1.55. The van der Waals surface area contributed by atoms with Crippen LogP contribution in [0.1, 0.15) is 11.7 Å². The number of hydrogen-bond acceptors (Lipinski definition) is 5. The summed E-state index contributed by atoms with van der Waals surface area (Å²) in [6, 6.07) is 0. The van der Waals surface area contributed by atoms with Crippen molar-refractivity contribution in [2.45, 2.75) is 19.3 Å². The Morgan fingerprint density at radius 3 is 2.94 bits per heavy atom. The molecule has 7 heteroatoms. The van der Waals surface area contributed by atoms with Crippen LogP contribution in [0, 0.1) is 5.92 Å². The molecule has 1 aliphatic heterocycles. The lowest BCUT2D eigenvalue weighted by molar-refractivity contribution is 0.0182. The van der Waals surface area contributed by atoms with Gasteiger partial charge in [-0.05, 0) is 19.0 Å². The molecule has 2 heterocycles. The van der Waals surface area contributed by atoms with Gasteiger partial charge < -0.3 is 14.6 Å². The lowest BCUT2D eigenvalue weighted by Gasteiger charge is -2.25. The molecule has 5 nitrogen and oxygen atoms in total. The van der Waals surface area contributed by atoms with E-state index in [1.807, 2.05) is 0 Å². The molecule has 0 radical (unpaired) electrons. The minimum atomic E-state index is -2.43. The molecule has 2 rings (SSSR count). The minimum absolute atomic E-state index is 0.189. The molecule has 0 amide bonds. The van der Waals surface area contributed by atoms with E-state index in [1.54, 1.807) is 0 Å². The van der Waals surface area contributed by atoms with Crippen molar-refractivity contribution in [3.8, 4) is 0 Å². The van der Waals surface area contributed by atoms with E-state index in [9.17, 15) is 8.78 Å². The van der Waals surface area contributed by atoms with Gasteiger partial charge in [0.2, 0.25) is 5.89 Å². The summed E-state index contributed by atoms with van der Waals surface area (Å²) in [5, 5.41) is 6.93. The highest BCUT2D eigenvalue weighted by molar-refractivity contribution is 4.91. The second-order valence-electron chi connectivity index (χ2n) is 4.05. The number of nitrogens with zero attached hydrogens (tertiary/aromatic N) is 2. The molecule has 0 aromatic carbocycles. The molecule has 1 aliphatic rings. The van der Waals surface area contributed by atoms with Crippen molar-refractivity contribution >= 4 is 0 Å². The molecule has 0 aliphatic carbocycles. The minimum Gasteiger partial charge on any atom is -0.375 e. The summed E-state index contributed by atoms with van der Waals surface area (Å²) in [6.45, 7) is 1.61. The highest BCUT2D eigenvalue weighted by Gasteiger charge is 2.20. The SMILES string of the molecule is FC(F)COCCc1noc(CC2CNC2)n1. The topological polar surface area (TPSA) is 60.2 Å². The monoisotopic (exact) mass is 247 g/mol. The maximum absolute atomic E-state index is 11.8. The first kappa shape index (κ1) is 12.4. The maximum atomic E-state index is 11.8. The lowest BCUT2D eigenvalue weighted by atomic mass is 10.00. The third kappa shape index (κ3) is 4.01. The Labute approximate surface area is 97.5 Å². The fourth-order valence-electron chi connectivity index (χ4n) is 1.55. The van der Waals surface area contributed by atoms with Crippen LogP contribution in [0.4, 0.5) is 8.78 Å². The van der Waals surface area contributed by atoms with E-state index in [-0.39, 0.29) is 6.61 Å². The maximum Gasteiger partial charge on any atom is 0.261 e. The average Bonchev–Trinajstić information content (AvgIpc) is 2.66. The number of hydrogen-bond donors (Lipinski definition) is 1. The predicted molar refractivity (Wildman–Crippen MR) is 54.9 cm³/mol. The standard InChI is InChI=1S/C10H15F2N3O2/c11-8(12)6-16-2-1-9-14-10(17-15-9)3-7-4-13-5-7/h7-8,13H,1-6H2. The second kappa shape index (κ2) is 6.02. The van der Waals surface area contributed by atoms with E-state index in [2.05, 4.69) is 15.5 Å². The Balaban J connectivity index is 1.66. The molecule has 0 spiro atoms. The Bertz CT molecular complexity index is 342. The average molecular weight is 247 g/mol. The summed E-state index contributed by atoms with van der Waals surface area (Å²) in [5.74, 6) is 1.69. The summed E-state index contributed by atoms with van der Waals surface area (Å²) in [4.78, 5) is 4.18. The molecule has 1 aromatic rings. The van der Waals surface area contributed by atoms with Crippen molar-refractivity contribution in [2.24, 2.45) is 5.92 Å². The second-order valence-corrected chi connectivity index (χ2v) is 4.05. The van der Waals surface area contributed by atoms with Crippen LogP contribution in [0.3, 0.4) is 0 Å². The van der Waals surface area contributed by atoms with Crippen molar-refractivity contribution in [2.75, 3.05) is 26.3 Å². The first-order valence-corrected chi connectivity index (χ1v) is 5.62. The quantitative estimate of drug-likeness (QED) is 0.717. The Morgan fingerprint density at radius 2 is 2.29 bits per heavy atom. The summed E-state index contributed by atoms with van der Waals surface area (Å²) in [6.07, 6.45) is -1.25. The van der Waals surface area contributed by atoms with Crippen LogP contribution in [0.25, 0.3) is 0 Å². The van der Waals surface area contributed by atoms with E-state index in [0.717, 1.165) is 19.5 Å². The van der Waals surface area contributed by atoms with Gasteiger partial charge in [-0.25, -0.2) is 8.78 Å². The molecule has 0 atom stereocenters. The molecular weight excluding hydrogens is 232 g/mol. The summed E-state index contributed by atoms with van der Waals surface area (Å²) < 4.78 is 33.3. The van der Waals surface area contributed by atoms with E-state index in [1.165, 1.54) is 0 Å². The van der Waals surface area contributed by atoms with Crippen LogP contribution in [0.2, 0.25) is 0 Å². The van der Waals surface area contributed by atoms with Gasteiger partial charge in [0.25, 0.3) is 6.43 Å². The Hall–Kier alpha value is -1.08. The summed E-state index contributed by atoms with van der Waals surface area (Å²) >= 11 is 0. The van der Waals surface area contributed by atoms with E-state index >= 15 is 0 Å². The lowest BCUT2D eigenvalue weighted by Crippen LogP contribution is -2.43. The van der Waals surface area contributed by atoms with Crippen molar-refractivity contribution in [1.29, 1.82) is 0 Å². The Morgan fingerprint density at radius 1 is 1.47 bits per heavy atom. The molecule has 0 saturated carbocycles. The van der Waals surface area contributed by atoms with Crippen molar-refractivity contribution in [3.63, 3.8) is 0 Å². The number of rotatable bonds is 7. The van der Waals surface area contributed by atoms with Gasteiger partial charge in [0.15, 0.2) is 5.82 Å². The van der Waals surface area contributed by atoms with E-state index in [4.69, 9.17) is 9.26 Å². The number of nitrogens with one attached hydrogen (secondary N) is 1. The third-order valence-electron chi connectivity index (χ3n) is 2.55. The van der Waals surface area contributed by atoms with Gasteiger partial charge >= 0.3 is 0 Å². The molecule has 1 N–H and O–H groups in total. The third-order valence-corrected chi connectivity index (χ3v) is 2.55. The van der Waals surface area contributed by atoms with Crippen molar-refractivity contribution < 1.29 is 18.0 Å². The molecule has 1 saturated heterocycles. The van der Waals surface area contributed by atoms with Gasteiger partial charge in [-0.1, -0.05) is 5.16 Å². The van der Waals surface area contributed by atoms with Crippen LogP contribution in [0.15, 0.2) is 4.52 Å². The molecule has 0 bridgehead atoms. The van der Waals surface area contributed by atoms with Crippen molar-refractivity contribution in [3.05, 3.63) is 11.7 Å². The van der Waals surface area contributed by atoms with Gasteiger partial charge in [0.1, 0.15) is 6.61 Å². The van der Waals surface area contributed by atoms with Crippen LogP contribution < -0.4 is 5.32 Å². The van der Waals surface area contributed by atoms with E-state index in [0.29, 0.717) is 24.1 Å². The van der Waals surface area contributed by atoms with Crippen molar-refractivity contribution in [1.82, 2.24) is 15.5 Å². The van der Waals surface area contributed by atoms with E-state index < -0.39 is 13.0 Å². The number of ether oxygens (including phenoxy) is 1. The molecule has 1 aromatic heterocycles. The molecular formula is C10H15F2N3O2. The smallest absolute Gasteiger partial charge is 0.261 e. The normalized spacial score (nSPS) is 16.4. The van der Waals surface area contributed by atoms with Gasteiger partial charge in [-0.15, -0.1) is 0 Å². The largest absolute Gasteiger partial charge is 0.375 e. The number of alkyl halides is 2. The zero-order valence-corrected chi connectivity index (χ0v) is 9.36. The fraction of sp³-hybridized carbons (Fsp3) is 0.800. The molecule has 0 unspecified atom stereocenters. The summed E-state index contributed by atoms with van der Waals surface area (Å²) in [5.41, 5.74) is 0. The van der Waals surface area contributed by atoms with Crippen LogP contribution in [-0.2, 0) is 17.6 Å². The van der Waals surface area contributed by atoms with Gasteiger partial charge in [0, 0.05) is 12.8 Å². The number of halogens is 2. The first-order valence-electron chi connectivity index (χ1n) is 5.62. The highest BCUT2D eigenvalue weighted by atomic mass is 19.3. The Kier molecular flexibility index (Phi) is 4.38. The predicted octanol–water partition coefficient (Wildman–Crippen LogP) is 0.656.